The van der Waals surface area contributed by atoms with Crippen LogP contribution in [0.3, 0.4) is 0 Å². The van der Waals surface area contributed by atoms with E-state index >= 15 is 0 Å². The fraction of sp³-hybridized carbons (Fsp3) is 0.696. The van der Waals surface area contributed by atoms with Gasteiger partial charge in [0.25, 0.3) is 0 Å². The first-order valence-electron chi connectivity index (χ1n) is 11.0. The van der Waals surface area contributed by atoms with Gasteiger partial charge in [0.1, 0.15) is 5.82 Å². The molecule has 4 rings (SSSR count). The van der Waals surface area contributed by atoms with Gasteiger partial charge in [0.15, 0.2) is 5.96 Å². The smallest absolute Gasteiger partial charge is 0.191 e. The number of piperidine rings is 1. The van der Waals surface area contributed by atoms with Crippen LogP contribution < -0.4 is 10.6 Å². The number of likely N-dealkylation sites (tertiary alicyclic amines) is 1. The number of hydrogen-bond donors (Lipinski definition) is 2. The quantitative estimate of drug-likeness (QED) is 0.587. The Kier molecular flexibility index (Phi) is 6.11. The molecule has 2 heterocycles. The van der Waals surface area contributed by atoms with E-state index in [4.69, 9.17) is 4.74 Å². The number of hydrogen-bond acceptors (Lipinski definition) is 3. The number of fused-ring (bicyclic) bond motifs is 1. The Morgan fingerprint density at radius 1 is 1.24 bits per heavy atom. The number of nitrogens with one attached hydrogen (secondary N) is 2. The lowest BCUT2D eigenvalue weighted by atomic mass is 9.57. The number of rotatable bonds is 5. The first kappa shape index (κ1) is 20.6. The van der Waals surface area contributed by atoms with Crippen molar-refractivity contribution in [1.29, 1.82) is 0 Å². The van der Waals surface area contributed by atoms with Crippen molar-refractivity contribution >= 4 is 5.96 Å². The summed E-state index contributed by atoms with van der Waals surface area (Å²) < 4.78 is 19.8. The van der Waals surface area contributed by atoms with Crippen LogP contribution in [0.25, 0.3) is 0 Å². The molecule has 1 aromatic carbocycles. The molecule has 3 atom stereocenters. The van der Waals surface area contributed by atoms with Crippen LogP contribution in [-0.2, 0) is 11.3 Å². The van der Waals surface area contributed by atoms with E-state index in [2.05, 4.69) is 34.4 Å². The summed E-state index contributed by atoms with van der Waals surface area (Å²) in [4.78, 5) is 6.82. The molecule has 1 aliphatic carbocycles. The van der Waals surface area contributed by atoms with Crippen LogP contribution in [-0.4, -0.2) is 56.3 Å². The molecule has 0 aromatic heterocycles. The zero-order valence-electron chi connectivity index (χ0n) is 18.0. The van der Waals surface area contributed by atoms with Crippen molar-refractivity contribution in [1.82, 2.24) is 15.5 Å². The summed E-state index contributed by atoms with van der Waals surface area (Å²) in [5, 5.41) is 7.21. The lowest BCUT2D eigenvalue weighted by Crippen LogP contribution is -2.68. The molecule has 3 aliphatic rings. The molecule has 1 saturated carbocycles. The second-order valence-electron chi connectivity index (χ2n) is 9.45. The molecule has 1 aromatic rings. The van der Waals surface area contributed by atoms with Crippen molar-refractivity contribution in [3.8, 4) is 0 Å². The van der Waals surface area contributed by atoms with Crippen molar-refractivity contribution in [2.75, 3.05) is 33.3 Å². The number of benzene rings is 1. The predicted molar refractivity (Wildman–Crippen MR) is 114 cm³/mol. The Hall–Kier alpha value is -1.66. The first-order chi connectivity index (χ1) is 14.0. The molecular formula is C23H35FN4O. The average molecular weight is 403 g/mol. The number of nitrogens with zero attached hydrogens (tertiary/aromatic N) is 2. The maximum Gasteiger partial charge on any atom is 0.191 e. The first-order valence-corrected chi connectivity index (χ1v) is 11.0. The molecule has 29 heavy (non-hydrogen) atoms. The Bertz CT molecular complexity index is 729. The standard InChI is InChI=1S/C23H35FN4O/c1-23(2)20(18-10-13-29-21(18)23)27-22(25-3)26-14-16-8-11-28(12-9-16)15-17-6-4-5-7-19(17)24/h4-7,16,18,20-21H,8-15H2,1-3H3,(H2,25,26,27). The molecular weight excluding hydrogens is 367 g/mol. The third-order valence-corrected chi connectivity index (χ3v) is 7.23. The maximum absolute atomic E-state index is 13.9. The molecule has 0 radical (unpaired) electrons. The molecule has 3 fully saturated rings. The highest BCUT2D eigenvalue weighted by molar-refractivity contribution is 5.80. The minimum atomic E-state index is -0.0972. The van der Waals surface area contributed by atoms with E-state index in [0.717, 1.165) is 57.0 Å². The van der Waals surface area contributed by atoms with Gasteiger partial charge in [-0.1, -0.05) is 32.0 Å². The Balaban J connectivity index is 1.21. The van der Waals surface area contributed by atoms with E-state index in [1.165, 1.54) is 0 Å². The summed E-state index contributed by atoms with van der Waals surface area (Å²) in [5.41, 5.74) is 0.947. The lowest BCUT2D eigenvalue weighted by molar-refractivity contribution is -0.106. The fourth-order valence-electron chi connectivity index (χ4n) is 5.42. The van der Waals surface area contributed by atoms with Gasteiger partial charge >= 0.3 is 0 Å². The fourth-order valence-corrected chi connectivity index (χ4v) is 5.42. The van der Waals surface area contributed by atoms with Gasteiger partial charge in [0, 0.05) is 49.7 Å². The van der Waals surface area contributed by atoms with E-state index in [1.807, 2.05) is 19.2 Å². The third-order valence-electron chi connectivity index (χ3n) is 7.23. The van der Waals surface area contributed by atoms with Crippen molar-refractivity contribution in [3.63, 3.8) is 0 Å². The average Bonchev–Trinajstić information content (AvgIpc) is 3.18. The van der Waals surface area contributed by atoms with Gasteiger partial charge in [0.05, 0.1) is 6.10 Å². The van der Waals surface area contributed by atoms with Crippen molar-refractivity contribution < 1.29 is 9.13 Å². The largest absolute Gasteiger partial charge is 0.377 e. The van der Waals surface area contributed by atoms with Gasteiger partial charge in [-0.15, -0.1) is 0 Å². The SMILES string of the molecule is CN=C(NCC1CCN(Cc2ccccc2F)CC1)NC1C2CCOC2C1(C)C. The highest BCUT2D eigenvalue weighted by Gasteiger charge is 2.59. The van der Waals surface area contributed by atoms with Gasteiger partial charge < -0.3 is 15.4 Å². The monoisotopic (exact) mass is 402 g/mol. The van der Waals surface area contributed by atoms with E-state index in [1.54, 1.807) is 12.1 Å². The number of aliphatic imine (C=N–C) groups is 1. The molecule has 160 valence electrons. The molecule has 2 N–H and O–H groups in total. The lowest BCUT2D eigenvalue weighted by Gasteiger charge is -2.55. The van der Waals surface area contributed by atoms with Crippen LogP contribution in [0.4, 0.5) is 4.39 Å². The van der Waals surface area contributed by atoms with Crippen LogP contribution >= 0.6 is 0 Å². The zero-order chi connectivity index (χ0) is 20.4. The molecule has 5 nitrogen and oxygen atoms in total. The minimum Gasteiger partial charge on any atom is -0.377 e. The minimum absolute atomic E-state index is 0.0972. The molecule has 0 bridgehead atoms. The second kappa shape index (κ2) is 8.60. The molecule has 6 heteroatoms. The molecule has 0 amide bonds. The van der Waals surface area contributed by atoms with Gasteiger partial charge in [-0.2, -0.15) is 0 Å². The van der Waals surface area contributed by atoms with Crippen LogP contribution in [0.1, 0.15) is 38.7 Å². The molecule has 2 aliphatic heterocycles. The van der Waals surface area contributed by atoms with E-state index in [0.29, 0.717) is 30.5 Å². The summed E-state index contributed by atoms with van der Waals surface area (Å²) in [6.07, 6.45) is 3.79. The summed E-state index contributed by atoms with van der Waals surface area (Å²) in [5.74, 6) is 2.04. The highest BCUT2D eigenvalue weighted by Crippen LogP contribution is 2.52. The van der Waals surface area contributed by atoms with Crippen LogP contribution in [0.15, 0.2) is 29.3 Å². The Labute approximate surface area is 174 Å². The van der Waals surface area contributed by atoms with Crippen LogP contribution in [0, 0.1) is 23.1 Å². The van der Waals surface area contributed by atoms with Crippen LogP contribution in [0.5, 0.6) is 0 Å². The van der Waals surface area contributed by atoms with Crippen molar-refractivity contribution in [2.24, 2.45) is 22.2 Å². The van der Waals surface area contributed by atoms with E-state index in [9.17, 15) is 4.39 Å². The second-order valence-corrected chi connectivity index (χ2v) is 9.45. The van der Waals surface area contributed by atoms with Crippen LogP contribution in [0.2, 0.25) is 0 Å². The summed E-state index contributed by atoms with van der Waals surface area (Å²) in [7, 11) is 1.85. The Morgan fingerprint density at radius 3 is 2.72 bits per heavy atom. The number of guanidine groups is 1. The van der Waals surface area contributed by atoms with Gasteiger partial charge in [0.2, 0.25) is 0 Å². The zero-order valence-corrected chi connectivity index (χ0v) is 18.0. The topological polar surface area (TPSA) is 48.9 Å². The summed E-state index contributed by atoms with van der Waals surface area (Å²) in [6, 6.07) is 7.53. The van der Waals surface area contributed by atoms with E-state index < -0.39 is 0 Å². The molecule has 0 spiro atoms. The Morgan fingerprint density at radius 2 is 2.00 bits per heavy atom. The number of ether oxygens (including phenoxy) is 1. The van der Waals surface area contributed by atoms with Crippen molar-refractivity contribution in [2.45, 2.75) is 51.8 Å². The highest BCUT2D eigenvalue weighted by atomic mass is 19.1. The maximum atomic E-state index is 13.9. The number of halogens is 1. The summed E-state index contributed by atoms with van der Waals surface area (Å²) >= 11 is 0. The van der Waals surface area contributed by atoms with Crippen molar-refractivity contribution in [3.05, 3.63) is 35.6 Å². The molecule has 2 saturated heterocycles. The van der Waals surface area contributed by atoms with Gasteiger partial charge in [-0.05, 0) is 44.3 Å². The van der Waals surface area contributed by atoms with Gasteiger partial charge in [-0.25, -0.2) is 4.39 Å². The predicted octanol–water partition coefficient (Wildman–Crippen LogP) is 3.02. The molecule has 3 unspecified atom stereocenters. The van der Waals surface area contributed by atoms with E-state index in [-0.39, 0.29) is 11.2 Å². The van der Waals surface area contributed by atoms with Gasteiger partial charge in [-0.3, -0.25) is 9.89 Å². The summed E-state index contributed by atoms with van der Waals surface area (Å²) in [6.45, 7) is 9.13. The normalized spacial score (nSPS) is 29.9. The third kappa shape index (κ3) is 4.29.